The molecule has 1 aliphatic heterocycles. The third kappa shape index (κ3) is 6.27. The lowest BCUT2D eigenvalue weighted by Crippen LogP contribution is -2.50. The maximum absolute atomic E-state index is 12.5. The normalized spacial score (nSPS) is 18.1. The average molecular weight is 375 g/mol. The molecule has 7 heteroatoms. The lowest BCUT2D eigenvalue weighted by atomic mass is 9.96. The van der Waals surface area contributed by atoms with Crippen molar-refractivity contribution in [2.24, 2.45) is 11.8 Å². The first-order valence-corrected chi connectivity index (χ1v) is 9.42. The lowest BCUT2D eigenvalue weighted by Gasteiger charge is -2.32. The summed E-state index contributed by atoms with van der Waals surface area (Å²) >= 11 is 0. The van der Waals surface area contributed by atoms with Crippen LogP contribution in [-0.2, 0) is 9.59 Å². The van der Waals surface area contributed by atoms with Crippen molar-refractivity contribution in [3.63, 3.8) is 0 Å². The Bertz CT molecular complexity index is 690. The molecule has 1 saturated heterocycles. The molecule has 1 aromatic carbocycles. The fraction of sp³-hybridized carbons (Fsp3) is 0.550. The van der Waals surface area contributed by atoms with Gasteiger partial charge in [0.1, 0.15) is 6.04 Å². The Hall–Kier alpha value is -2.57. The summed E-state index contributed by atoms with van der Waals surface area (Å²) in [7, 11) is 0. The lowest BCUT2D eigenvalue weighted by molar-refractivity contribution is -0.143. The second-order valence-electron chi connectivity index (χ2n) is 7.61. The van der Waals surface area contributed by atoms with Gasteiger partial charge in [-0.3, -0.25) is 4.79 Å². The van der Waals surface area contributed by atoms with Crippen LogP contribution in [0.1, 0.15) is 38.7 Å². The number of amides is 3. The quantitative estimate of drug-likeness (QED) is 0.712. The number of carbonyl (C=O) groups excluding carboxylic acids is 2. The van der Waals surface area contributed by atoms with Crippen molar-refractivity contribution in [1.29, 1.82) is 0 Å². The van der Waals surface area contributed by atoms with Crippen LogP contribution in [0.5, 0.6) is 0 Å². The summed E-state index contributed by atoms with van der Waals surface area (Å²) in [6.07, 6.45) is 1.74. The number of urea groups is 1. The molecular weight excluding hydrogens is 346 g/mol. The number of carboxylic acids is 1. The number of rotatable bonds is 6. The van der Waals surface area contributed by atoms with Crippen molar-refractivity contribution in [2.45, 2.75) is 46.1 Å². The summed E-state index contributed by atoms with van der Waals surface area (Å²) in [5.41, 5.74) is 1.77. The van der Waals surface area contributed by atoms with Crippen molar-refractivity contribution in [1.82, 2.24) is 10.2 Å². The van der Waals surface area contributed by atoms with Gasteiger partial charge in [0.15, 0.2) is 0 Å². The van der Waals surface area contributed by atoms with E-state index in [1.807, 2.05) is 45.0 Å². The first kappa shape index (κ1) is 20.7. The second kappa shape index (κ2) is 9.39. The molecule has 1 unspecified atom stereocenters. The number of likely N-dealkylation sites (tertiary alicyclic amines) is 1. The Kier molecular flexibility index (Phi) is 7.21. The van der Waals surface area contributed by atoms with Gasteiger partial charge < -0.3 is 20.6 Å². The van der Waals surface area contributed by atoms with Crippen molar-refractivity contribution in [3.8, 4) is 0 Å². The topological polar surface area (TPSA) is 98.7 Å². The van der Waals surface area contributed by atoms with E-state index in [0.29, 0.717) is 25.8 Å². The first-order valence-electron chi connectivity index (χ1n) is 9.42. The molecule has 2 rings (SSSR count). The maximum atomic E-state index is 12.5. The minimum atomic E-state index is -1.03. The van der Waals surface area contributed by atoms with E-state index in [2.05, 4.69) is 10.6 Å². The number of hydrogen-bond acceptors (Lipinski definition) is 3. The molecule has 0 saturated carbocycles. The molecule has 1 fully saturated rings. The summed E-state index contributed by atoms with van der Waals surface area (Å²) in [5, 5.41) is 14.8. The molecule has 27 heavy (non-hydrogen) atoms. The van der Waals surface area contributed by atoms with Crippen LogP contribution in [0.2, 0.25) is 0 Å². The average Bonchev–Trinajstić information content (AvgIpc) is 2.60. The molecule has 148 valence electrons. The van der Waals surface area contributed by atoms with Crippen LogP contribution >= 0.6 is 0 Å². The summed E-state index contributed by atoms with van der Waals surface area (Å²) in [6, 6.07) is 6.40. The van der Waals surface area contributed by atoms with Gasteiger partial charge in [0.2, 0.25) is 5.91 Å². The number of carboxylic acid groups (broad SMARTS) is 1. The highest BCUT2D eigenvalue weighted by Gasteiger charge is 2.31. The fourth-order valence-corrected chi connectivity index (χ4v) is 3.28. The van der Waals surface area contributed by atoms with Crippen molar-refractivity contribution in [2.75, 3.05) is 18.4 Å². The number of benzene rings is 1. The Morgan fingerprint density at radius 3 is 2.67 bits per heavy atom. The van der Waals surface area contributed by atoms with Crippen LogP contribution in [-0.4, -0.2) is 47.0 Å². The van der Waals surface area contributed by atoms with Gasteiger partial charge in [-0.25, -0.2) is 9.59 Å². The number of aryl methyl sites for hydroxylation is 1. The molecule has 0 spiro atoms. The first-order chi connectivity index (χ1) is 12.8. The molecule has 1 aromatic rings. The number of carbonyl (C=O) groups is 3. The zero-order valence-electron chi connectivity index (χ0n) is 16.2. The standard InChI is InChI=1S/C20H29N3O4/c1-13(2)10-17(19(25)26)22-18(24)15-7-5-9-23(12-15)20(27)21-16-8-4-6-14(3)11-16/h4,6,8,11,13,15,17H,5,7,9-10,12H2,1-3H3,(H,21,27)(H,22,24)(H,25,26)/t15?,17-/m1/s1. The molecule has 2 atom stereocenters. The van der Waals surface area contributed by atoms with Gasteiger partial charge in [-0.05, 0) is 49.8 Å². The van der Waals surface area contributed by atoms with Crippen LogP contribution in [0, 0.1) is 18.8 Å². The SMILES string of the molecule is Cc1cccc(NC(=O)N2CCCC(C(=O)N[C@H](CC(C)C)C(=O)O)C2)c1. The Morgan fingerprint density at radius 1 is 1.30 bits per heavy atom. The van der Waals surface area contributed by atoms with E-state index < -0.39 is 17.9 Å². The molecule has 1 aliphatic rings. The van der Waals surface area contributed by atoms with Crippen molar-refractivity contribution in [3.05, 3.63) is 29.8 Å². The largest absolute Gasteiger partial charge is 0.480 e. The van der Waals surface area contributed by atoms with E-state index in [4.69, 9.17) is 0 Å². The Balaban J connectivity index is 1.94. The van der Waals surface area contributed by atoms with Gasteiger partial charge in [-0.1, -0.05) is 26.0 Å². The fourth-order valence-electron chi connectivity index (χ4n) is 3.28. The molecule has 3 N–H and O–H groups in total. The molecule has 7 nitrogen and oxygen atoms in total. The third-order valence-corrected chi connectivity index (χ3v) is 4.67. The number of piperidine rings is 1. The van der Waals surface area contributed by atoms with E-state index >= 15 is 0 Å². The van der Waals surface area contributed by atoms with Crippen LogP contribution < -0.4 is 10.6 Å². The molecule has 3 amide bonds. The maximum Gasteiger partial charge on any atom is 0.326 e. The predicted molar refractivity (Wildman–Crippen MR) is 104 cm³/mol. The smallest absolute Gasteiger partial charge is 0.326 e. The molecule has 0 aliphatic carbocycles. The van der Waals surface area contributed by atoms with E-state index in [9.17, 15) is 19.5 Å². The zero-order chi connectivity index (χ0) is 20.0. The minimum Gasteiger partial charge on any atom is -0.480 e. The van der Waals surface area contributed by atoms with E-state index in [-0.39, 0.29) is 24.4 Å². The van der Waals surface area contributed by atoms with Crippen LogP contribution in [0.4, 0.5) is 10.5 Å². The highest BCUT2D eigenvalue weighted by atomic mass is 16.4. The van der Waals surface area contributed by atoms with Gasteiger partial charge >= 0.3 is 12.0 Å². The Labute approximate surface area is 160 Å². The van der Waals surface area contributed by atoms with E-state index in [0.717, 1.165) is 11.3 Å². The molecule has 0 aromatic heterocycles. The zero-order valence-corrected chi connectivity index (χ0v) is 16.2. The highest BCUT2D eigenvalue weighted by molar-refractivity contribution is 5.90. The number of nitrogens with one attached hydrogen (secondary N) is 2. The minimum absolute atomic E-state index is 0.161. The van der Waals surface area contributed by atoms with Crippen molar-refractivity contribution < 1.29 is 19.5 Å². The van der Waals surface area contributed by atoms with Gasteiger partial charge in [-0.15, -0.1) is 0 Å². The van der Waals surface area contributed by atoms with E-state index in [1.54, 1.807) is 4.90 Å². The number of aliphatic carboxylic acids is 1. The second-order valence-corrected chi connectivity index (χ2v) is 7.61. The van der Waals surface area contributed by atoms with E-state index in [1.165, 1.54) is 0 Å². The summed E-state index contributed by atoms with van der Waals surface area (Å²) in [6.45, 7) is 6.65. The summed E-state index contributed by atoms with van der Waals surface area (Å²) in [5.74, 6) is -1.55. The van der Waals surface area contributed by atoms with Gasteiger partial charge in [0.25, 0.3) is 0 Å². The molecule has 0 bridgehead atoms. The third-order valence-electron chi connectivity index (χ3n) is 4.67. The summed E-state index contributed by atoms with van der Waals surface area (Å²) < 4.78 is 0. The molecular formula is C20H29N3O4. The van der Waals surface area contributed by atoms with Crippen molar-refractivity contribution >= 4 is 23.6 Å². The number of hydrogen-bond donors (Lipinski definition) is 3. The van der Waals surface area contributed by atoms with Gasteiger partial charge in [0.05, 0.1) is 5.92 Å². The van der Waals surface area contributed by atoms with Crippen LogP contribution in [0.25, 0.3) is 0 Å². The predicted octanol–water partition coefficient (Wildman–Crippen LogP) is 2.85. The van der Waals surface area contributed by atoms with Gasteiger partial charge in [0, 0.05) is 18.8 Å². The molecule has 1 heterocycles. The monoisotopic (exact) mass is 375 g/mol. The molecule has 0 radical (unpaired) electrons. The van der Waals surface area contributed by atoms with Gasteiger partial charge in [-0.2, -0.15) is 0 Å². The highest BCUT2D eigenvalue weighted by Crippen LogP contribution is 2.19. The number of anilines is 1. The van der Waals surface area contributed by atoms with Crippen LogP contribution in [0.15, 0.2) is 24.3 Å². The summed E-state index contributed by atoms with van der Waals surface area (Å²) in [4.78, 5) is 38.0. The van der Waals surface area contributed by atoms with Crippen LogP contribution in [0.3, 0.4) is 0 Å². The number of nitrogens with zero attached hydrogens (tertiary/aromatic N) is 1. The Morgan fingerprint density at radius 2 is 2.04 bits per heavy atom.